The lowest BCUT2D eigenvalue weighted by molar-refractivity contribution is 1.14. The summed E-state index contributed by atoms with van der Waals surface area (Å²) in [6.45, 7) is 6.46. The Hall–Kier alpha value is -3.40. The maximum Gasteiger partial charge on any atom is 0.0991 e. The summed E-state index contributed by atoms with van der Waals surface area (Å²) in [5.74, 6) is 0. The van der Waals surface area contributed by atoms with Gasteiger partial charge in [-0.15, -0.1) is 9.24 Å². The van der Waals surface area contributed by atoms with Crippen molar-refractivity contribution in [2.75, 3.05) is 4.90 Å². The Morgan fingerprint density at radius 3 is 2.28 bits per heavy atom. The summed E-state index contributed by atoms with van der Waals surface area (Å²) >= 11 is 0. The first-order valence-electron chi connectivity index (χ1n) is 10.9. The zero-order valence-electron chi connectivity index (χ0n) is 18.8. The van der Waals surface area contributed by atoms with E-state index in [4.69, 9.17) is 0 Å². The SMILES string of the molecule is CCc1ccc(N(c2ccc(P)cc2)c2ccc(C)cc2C)c(-c2cccc(C#N)c2)c1. The largest absolute Gasteiger partial charge is 0.310 e. The van der Waals surface area contributed by atoms with Crippen LogP contribution in [0.2, 0.25) is 0 Å². The van der Waals surface area contributed by atoms with Gasteiger partial charge in [-0.2, -0.15) is 5.26 Å². The third kappa shape index (κ3) is 4.45. The molecule has 32 heavy (non-hydrogen) atoms. The number of hydrogen-bond donors (Lipinski definition) is 0. The molecule has 0 aromatic heterocycles. The van der Waals surface area contributed by atoms with E-state index >= 15 is 0 Å². The van der Waals surface area contributed by atoms with Crippen molar-refractivity contribution >= 4 is 31.6 Å². The highest BCUT2D eigenvalue weighted by atomic mass is 31.0. The number of nitrogens with zero attached hydrogens (tertiary/aromatic N) is 2. The van der Waals surface area contributed by atoms with Crippen molar-refractivity contribution in [3.8, 4) is 17.2 Å². The van der Waals surface area contributed by atoms with E-state index in [1.165, 1.54) is 16.7 Å². The highest BCUT2D eigenvalue weighted by Crippen LogP contribution is 2.42. The number of aryl methyl sites for hydroxylation is 3. The van der Waals surface area contributed by atoms with Crippen LogP contribution in [0.15, 0.2) is 84.9 Å². The summed E-state index contributed by atoms with van der Waals surface area (Å²) in [5, 5.41) is 10.6. The van der Waals surface area contributed by atoms with Gasteiger partial charge in [0.05, 0.1) is 17.3 Å². The standard InChI is InChI=1S/C29H27N2P/c1-4-22-9-15-29(27(18-22)24-7-5-6-23(17-24)19-30)31(25-10-12-26(32)13-11-25)28-14-8-20(2)16-21(28)3/h5-18H,4,32H2,1-3H3. The fourth-order valence-corrected chi connectivity index (χ4v) is 4.27. The molecule has 0 aliphatic carbocycles. The van der Waals surface area contributed by atoms with Crippen molar-refractivity contribution in [3.63, 3.8) is 0 Å². The van der Waals surface area contributed by atoms with Crippen LogP contribution in [-0.2, 0) is 6.42 Å². The van der Waals surface area contributed by atoms with E-state index in [1.807, 2.05) is 18.2 Å². The molecule has 4 aromatic carbocycles. The Labute approximate surface area is 193 Å². The second kappa shape index (κ2) is 9.39. The van der Waals surface area contributed by atoms with Gasteiger partial charge in [0.2, 0.25) is 0 Å². The zero-order chi connectivity index (χ0) is 22.7. The van der Waals surface area contributed by atoms with Gasteiger partial charge in [0, 0.05) is 16.9 Å². The van der Waals surface area contributed by atoms with Gasteiger partial charge in [0.15, 0.2) is 0 Å². The number of nitriles is 1. The maximum absolute atomic E-state index is 9.47. The van der Waals surface area contributed by atoms with Gasteiger partial charge in [-0.1, -0.05) is 55.0 Å². The smallest absolute Gasteiger partial charge is 0.0991 e. The molecule has 158 valence electrons. The van der Waals surface area contributed by atoms with Gasteiger partial charge in [0.25, 0.3) is 0 Å². The Bertz CT molecular complexity index is 1300. The Balaban J connectivity index is 2.00. The molecule has 0 heterocycles. The van der Waals surface area contributed by atoms with Gasteiger partial charge in [-0.25, -0.2) is 0 Å². The number of rotatable bonds is 5. The maximum atomic E-state index is 9.47. The van der Waals surface area contributed by atoms with Crippen LogP contribution in [-0.4, -0.2) is 0 Å². The van der Waals surface area contributed by atoms with Gasteiger partial charge in [-0.3, -0.25) is 0 Å². The molecule has 0 spiro atoms. The molecule has 0 saturated carbocycles. The molecule has 0 N–H and O–H groups in total. The predicted octanol–water partition coefficient (Wildman–Crippen LogP) is 7.37. The first-order valence-corrected chi connectivity index (χ1v) is 11.4. The summed E-state index contributed by atoms with van der Waals surface area (Å²) in [6, 6.07) is 32.0. The van der Waals surface area contributed by atoms with Crippen molar-refractivity contribution in [1.82, 2.24) is 0 Å². The topological polar surface area (TPSA) is 27.0 Å². The normalized spacial score (nSPS) is 10.6. The van der Waals surface area contributed by atoms with E-state index in [2.05, 4.69) is 108 Å². The van der Waals surface area contributed by atoms with Crippen molar-refractivity contribution in [1.29, 1.82) is 5.26 Å². The molecule has 0 radical (unpaired) electrons. The minimum Gasteiger partial charge on any atom is -0.310 e. The average molecular weight is 435 g/mol. The number of benzene rings is 4. The van der Waals surface area contributed by atoms with Crippen molar-refractivity contribution < 1.29 is 0 Å². The minimum absolute atomic E-state index is 0.667. The molecule has 4 rings (SSSR count). The quantitative estimate of drug-likeness (QED) is 0.307. The second-order valence-corrected chi connectivity index (χ2v) is 8.78. The fourth-order valence-electron chi connectivity index (χ4n) is 4.07. The monoisotopic (exact) mass is 434 g/mol. The third-order valence-corrected chi connectivity index (χ3v) is 6.14. The molecule has 0 aliphatic rings. The minimum atomic E-state index is 0.667. The highest BCUT2D eigenvalue weighted by Gasteiger charge is 2.19. The summed E-state index contributed by atoms with van der Waals surface area (Å²) in [6.07, 6.45) is 0.955. The zero-order valence-corrected chi connectivity index (χ0v) is 19.9. The van der Waals surface area contributed by atoms with Crippen LogP contribution in [0.5, 0.6) is 0 Å². The molecule has 0 fully saturated rings. The molecule has 1 unspecified atom stereocenters. The molecule has 3 heteroatoms. The molecule has 0 aliphatic heterocycles. The fraction of sp³-hybridized carbons (Fsp3) is 0.138. The summed E-state index contributed by atoms with van der Waals surface area (Å²) in [5.41, 5.74) is 9.92. The third-order valence-electron chi connectivity index (χ3n) is 5.76. The molecule has 0 bridgehead atoms. The van der Waals surface area contributed by atoms with Crippen LogP contribution in [0.3, 0.4) is 0 Å². The molecular formula is C29H27N2P. The molecular weight excluding hydrogens is 407 g/mol. The average Bonchev–Trinajstić information content (AvgIpc) is 2.82. The predicted molar refractivity (Wildman–Crippen MR) is 139 cm³/mol. The Kier molecular flexibility index (Phi) is 6.40. The first kappa shape index (κ1) is 21.8. The van der Waals surface area contributed by atoms with Crippen LogP contribution >= 0.6 is 9.24 Å². The lowest BCUT2D eigenvalue weighted by Gasteiger charge is -2.30. The second-order valence-electron chi connectivity index (χ2n) is 8.11. The van der Waals surface area contributed by atoms with E-state index in [0.29, 0.717) is 5.56 Å². The van der Waals surface area contributed by atoms with E-state index in [0.717, 1.165) is 39.9 Å². The van der Waals surface area contributed by atoms with Gasteiger partial charge >= 0.3 is 0 Å². The van der Waals surface area contributed by atoms with E-state index in [-0.39, 0.29) is 0 Å². The summed E-state index contributed by atoms with van der Waals surface area (Å²) in [4.78, 5) is 2.33. The molecule has 4 aromatic rings. The lowest BCUT2D eigenvalue weighted by Crippen LogP contribution is -2.13. The van der Waals surface area contributed by atoms with Crippen molar-refractivity contribution in [3.05, 3.63) is 107 Å². The van der Waals surface area contributed by atoms with E-state index < -0.39 is 0 Å². The van der Waals surface area contributed by atoms with Crippen LogP contribution < -0.4 is 10.2 Å². The number of anilines is 3. The van der Waals surface area contributed by atoms with Gasteiger partial charge in [-0.05, 0) is 84.7 Å². The van der Waals surface area contributed by atoms with Crippen LogP contribution in [0.4, 0.5) is 17.1 Å². The van der Waals surface area contributed by atoms with Crippen LogP contribution in [0.1, 0.15) is 29.2 Å². The first-order chi connectivity index (χ1) is 15.5. The Morgan fingerprint density at radius 2 is 1.59 bits per heavy atom. The van der Waals surface area contributed by atoms with Crippen LogP contribution in [0, 0.1) is 25.2 Å². The highest BCUT2D eigenvalue weighted by molar-refractivity contribution is 7.27. The summed E-state index contributed by atoms with van der Waals surface area (Å²) in [7, 11) is 2.76. The summed E-state index contributed by atoms with van der Waals surface area (Å²) < 4.78 is 0. The van der Waals surface area contributed by atoms with Crippen molar-refractivity contribution in [2.24, 2.45) is 0 Å². The van der Waals surface area contributed by atoms with Crippen LogP contribution in [0.25, 0.3) is 11.1 Å². The molecule has 0 amide bonds. The van der Waals surface area contributed by atoms with E-state index in [1.54, 1.807) is 0 Å². The Morgan fingerprint density at radius 1 is 0.844 bits per heavy atom. The molecule has 1 atom stereocenters. The molecule has 0 saturated heterocycles. The molecule has 2 nitrogen and oxygen atoms in total. The lowest BCUT2D eigenvalue weighted by atomic mass is 9.96. The van der Waals surface area contributed by atoms with E-state index in [9.17, 15) is 5.26 Å². The van der Waals surface area contributed by atoms with Gasteiger partial charge in [0.1, 0.15) is 0 Å². The van der Waals surface area contributed by atoms with Crippen molar-refractivity contribution in [2.45, 2.75) is 27.2 Å². The number of hydrogen-bond acceptors (Lipinski definition) is 2. The van der Waals surface area contributed by atoms with Gasteiger partial charge < -0.3 is 4.90 Å².